The SMILES string of the molecule is CC/C=C\C/C=C\C/C=C\C/C=C\C/C=C\CC(=O)OC(COCCCCCCCCCC)COC(=O)CCCCCCCCC/C=C\C/C=C\C/C=C\CC. The molecule has 56 heavy (non-hydrogen) atoms. The minimum Gasteiger partial charge on any atom is -0.462 e. The van der Waals surface area contributed by atoms with Crippen LogP contribution in [0, 0.1) is 0 Å². The number of esters is 2. The standard InChI is InChI=1S/C51H84O5/c1-4-7-10-13-16-19-21-23-25-26-28-29-31-33-35-38-41-44-50(52)55-48-49(47-54-46-43-40-37-18-15-12-9-6-3)56-51(53)45-42-39-36-34-32-30-27-24-22-20-17-14-11-8-5-2/h7-8,10-11,16-17,19-20,23-25,27,32,34,39,42,49H,4-6,9,12-15,18,21-22,26,28-31,33,35-38,40-41,43-48H2,1-3H3/b10-7-,11-8-,19-16-,20-17-,25-23-,27-24-,34-32-,42-39-. The van der Waals surface area contributed by atoms with Gasteiger partial charge in [0, 0.05) is 13.0 Å². The van der Waals surface area contributed by atoms with Crippen LogP contribution >= 0.6 is 0 Å². The third-order valence-corrected chi connectivity index (χ3v) is 9.15. The highest BCUT2D eigenvalue weighted by Gasteiger charge is 2.17. The highest BCUT2D eigenvalue weighted by Crippen LogP contribution is 2.12. The van der Waals surface area contributed by atoms with Gasteiger partial charge < -0.3 is 14.2 Å². The molecule has 0 rings (SSSR count). The first-order valence-electron chi connectivity index (χ1n) is 22.8. The van der Waals surface area contributed by atoms with Crippen molar-refractivity contribution in [2.45, 2.75) is 194 Å². The molecule has 0 fully saturated rings. The van der Waals surface area contributed by atoms with Gasteiger partial charge in [-0.2, -0.15) is 0 Å². The Bertz CT molecular complexity index is 1110. The highest BCUT2D eigenvalue weighted by molar-refractivity contribution is 5.71. The zero-order valence-electron chi connectivity index (χ0n) is 36.4. The predicted octanol–water partition coefficient (Wildman–Crippen LogP) is 15.1. The fraction of sp³-hybridized carbons (Fsp3) is 0.647. The molecule has 0 N–H and O–H groups in total. The number of hydrogen-bond acceptors (Lipinski definition) is 5. The molecule has 0 aromatic carbocycles. The van der Waals surface area contributed by atoms with Crippen molar-refractivity contribution in [3.63, 3.8) is 0 Å². The molecule has 0 radical (unpaired) electrons. The van der Waals surface area contributed by atoms with Gasteiger partial charge in [-0.3, -0.25) is 9.59 Å². The molecular weight excluding hydrogens is 693 g/mol. The Morgan fingerprint density at radius 1 is 0.429 bits per heavy atom. The van der Waals surface area contributed by atoms with Crippen molar-refractivity contribution in [1.29, 1.82) is 0 Å². The Morgan fingerprint density at radius 3 is 1.38 bits per heavy atom. The maximum Gasteiger partial charge on any atom is 0.310 e. The van der Waals surface area contributed by atoms with Gasteiger partial charge in [-0.25, -0.2) is 0 Å². The van der Waals surface area contributed by atoms with Gasteiger partial charge in [0.2, 0.25) is 0 Å². The molecule has 0 aliphatic rings. The summed E-state index contributed by atoms with van der Waals surface area (Å²) in [5.74, 6) is -0.562. The normalized spacial score (nSPS) is 13.1. The molecule has 0 aliphatic carbocycles. The van der Waals surface area contributed by atoms with E-state index < -0.39 is 6.10 Å². The molecule has 0 bridgehead atoms. The van der Waals surface area contributed by atoms with E-state index in [-0.39, 0.29) is 31.6 Å². The maximum absolute atomic E-state index is 12.6. The molecule has 0 spiro atoms. The van der Waals surface area contributed by atoms with Crippen LogP contribution in [0.5, 0.6) is 0 Å². The second-order valence-corrected chi connectivity index (χ2v) is 14.6. The third kappa shape index (κ3) is 43.5. The molecule has 0 saturated carbocycles. The maximum atomic E-state index is 12.6. The summed E-state index contributed by atoms with van der Waals surface area (Å²) in [6, 6.07) is 0. The molecule has 0 heterocycles. The van der Waals surface area contributed by atoms with E-state index in [1.807, 2.05) is 12.2 Å². The molecule has 0 aliphatic heterocycles. The lowest BCUT2D eigenvalue weighted by Gasteiger charge is -2.18. The number of carbonyl (C=O) groups is 2. The Kier molecular flexibility index (Phi) is 43.6. The summed E-state index contributed by atoms with van der Waals surface area (Å²) in [7, 11) is 0. The fourth-order valence-corrected chi connectivity index (χ4v) is 5.83. The summed E-state index contributed by atoms with van der Waals surface area (Å²) in [5.41, 5.74) is 0. The van der Waals surface area contributed by atoms with E-state index in [9.17, 15) is 9.59 Å². The minimum atomic E-state index is -0.595. The van der Waals surface area contributed by atoms with E-state index in [4.69, 9.17) is 14.2 Å². The molecule has 0 aromatic rings. The molecular formula is C51H84O5. The van der Waals surface area contributed by atoms with Crippen LogP contribution < -0.4 is 0 Å². The number of ether oxygens (including phenoxy) is 3. The highest BCUT2D eigenvalue weighted by atomic mass is 16.6. The van der Waals surface area contributed by atoms with Crippen molar-refractivity contribution >= 4 is 11.9 Å². The second-order valence-electron chi connectivity index (χ2n) is 14.6. The first kappa shape index (κ1) is 52.8. The average Bonchev–Trinajstić information content (AvgIpc) is 3.20. The van der Waals surface area contributed by atoms with Crippen LogP contribution in [-0.2, 0) is 23.8 Å². The van der Waals surface area contributed by atoms with Gasteiger partial charge in [-0.15, -0.1) is 0 Å². The molecule has 1 atom stereocenters. The Labute approximate surface area is 345 Å². The van der Waals surface area contributed by atoms with Crippen molar-refractivity contribution in [2.75, 3.05) is 19.8 Å². The number of carbonyl (C=O) groups excluding carboxylic acids is 2. The lowest BCUT2D eigenvalue weighted by atomic mass is 10.1. The van der Waals surface area contributed by atoms with Gasteiger partial charge in [0.15, 0.2) is 6.10 Å². The number of unbranched alkanes of at least 4 members (excludes halogenated alkanes) is 14. The first-order valence-corrected chi connectivity index (χ1v) is 22.8. The van der Waals surface area contributed by atoms with E-state index >= 15 is 0 Å². The summed E-state index contributed by atoms with van der Waals surface area (Å²) in [5, 5.41) is 0. The van der Waals surface area contributed by atoms with Gasteiger partial charge in [0.1, 0.15) is 6.61 Å². The molecule has 5 nitrogen and oxygen atoms in total. The van der Waals surface area contributed by atoms with Crippen LogP contribution in [0.1, 0.15) is 188 Å². The summed E-state index contributed by atoms with van der Waals surface area (Å²) in [6.45, 7) is 7.45. The van der Waals surface area contributed by atoms with Crippen molar-refractivity contribution in [3.05, 3.63) is 97.2 Å². The summed E-state index contributed by atoms with van der Waals surface area (Å²) >= 11 is 0. The Morgan fingerprint density at radius 2 is 0.857 bits per heavy atom. The zero-order chi connectivity index (χ0) is 40.7. The first-order chi connectivity index (χ1) is 27.6. The molecule has 318 valence electrons. The fourth-order valence-electron chi connectivity index (χ4n) is 5.83. The van der Waals surface area contributed by atoms with Crippen LogP contribution in [0.3, 0.4) is 0 Å². The van der Waals surface area contributed by atoms with Crippen LogP contribution in [0.4, 0.5) is 0 Å². The lowest BCUT2D eigenvalue weighted by molar-refractivity contribution is -0.162. The summed E-state index contributed by atoms with van der Waals surface area (Å²) < 4.78 is 17.1. The molecule has 0 saturated heterocycles. The monoisotopic (exact) mass is 777 g/mol. The third-order valence-electron chi connectivity index (χ3n) is 9.15. The molecule has 0 aromatic heterocycles. The van der Waals surface area contributed by atoms with Crippen molar-refractivity contribution in [1.82, 2.24) is 0 Å². The van der Waals surface area contributed by atoms with E-state index in [0.29, 0.717) is 13.0 Å². The Balaban J connectivity index is 4.34. The van der Waals surface area contributed by atoms with E-state index in [2.05, 4.69) is 106 Å². The van der Waals surface area contributed by atoms with Crippen LogP contribution in [0.15, 0.2) is 97.2 Å². The van der Waals surface area contributed by atoms with Crippen molar-refractivity contribution < 1.29 is 23.8 Å². The van der Waals surface area contributed by atoms with Crippen LogP contribution in [0.25, 0.3) is 0 Å². The summed E-state index contributed by atoms with van der Waals surface area (Å²) in [4.78, 5) is 25.2. The van der Waals surface area contributed by atoms with Crippen molar-refractivity contribution in [3.8, 4) is 0 Å². The second kappa shape index (κ2) is 46.2. The zero-order valence-corrected chi connectivity index (χ0v) is 36.4. The van der Waals surface area contributed by atoms with Crippen LogP contribution in [-0.4, -0.2) is 37.9 Å². The van der Waals surface area contributed by atoms with Crippen molar-refractivity contribution in [2.24, 2.45) is 0 Å². The van der Waals surface area contributed by atoms with E-state index in [1.165, 1.54) is 64.2 Å². The smallest absolute Gasteiger partial charge is 0.310 e. The number of hydrogen-bond donors (Lipinski definition) is 0. The van der Waals surface area contributed by atoms with E-state index in [0.717, 1.165) is 89.9 Å². The lowest BCUT2D eigenvalue weighted by Crippen LogP contribution is -2.29. The van der Waals surface area contributed by atoms with Crippen LogP contribution in [0.2, 0.25) is 0 Å². The largest absolute Gasteiger partial charge is 0.462 e. The van der Waals surface area contributed by atoms with Gasteiger partial charge >= 0.3 is 11.9 Å². The van der Waals surface area contributed by atoms with E-state index in [1.54, 1.807) is 0 Å². The Hall–Kier alpha value is -3.18. The van der Waals surface area contributed by atoms with Gasteiger partial charge in [-0.05, 0) is 77.0 Å². The number of rotatable bonds is 40. The summed E-state index contributed by atoms with van der Waals surface area (Å²) in [6.07, 6.45) is 61.5. The molecule has 5 heteroatoms. The average molecular weight is 777 g/mol. The molecule has 0 amide bonds. The van der Waals surface area contributed by atoms with Gasteiger partial charge in [0.25, 0.3) is 0 Å². The van der Waals surface area contributed by atoms with Gasteiger partial charge in [0.05, 0.1) is 13.0 Å². The predicted molar refractivity (Wildman–Crippen MR) is 242 cm³/mol. The number of allylic oxidation sites excluding steroid dienone is 15. The van der Waals surface area contributed by atoms with Gasteiger partial charge in [-0.1, -0.05) is 195 Å². The topological polar surface area (TPSA) is 61.8 Å². The quantitative estimate of drug-likeness (QED) is 0.0352. The minimum absolute atomic E-state index is 0.0364. The molecule has 1 unspecified atom stereocenters.